The number of halogens is 1. The van der Waals surface area contributed by atoms with Crippen molar-refractivity contribution >= 4 is 11.7 Å². The van der Waals surface area contributed by atoms with E-state index in [1.54, 1.807) is 24.3 Å². The first-order valence-corrected chi connectivity index (χ1v) is 7.93. The van der Waals surface area contributed by atoms with E-state index in [1.807, 2.05) is 6.07 Å². The van der Waals surface area contributed by atoms with Crippen molar-refractivity contribution in [1.82, 2.24) is 15.4 Å². The second-order valence-electron chi connectivity index (χ2n) is 5.43. The van der Waals surface area contributed by atoms with Gasteiger partial charge < -0.3 is 15.6 Å². The van der Waals surface area contributed by atoms with Crippen LogP contribution in [0.1, 0.15) is 22.8 Å². The quantitative estimate of drug-likeness (QED) is 0.580. The van der Waals surface area contributed by atoms with Crippen molar-refractivity contribution in [2.24, 2.45) is 0 Å². The number of rotatable bonds is 8. The zero-order valence-corrected chi connectivity index (χ0v) is 14.5. The van der Waals surface area contributed by atoms with E-state index in [0.29, 0.717) is 11.1 Å². The molecule has 0 aliphatic carbocycles. The minimum Gasteiger partial charge on any atom is -0.474 e. The van der Waals surface area contributed by atoms with Crippen LogP contribution in [0.2, 0.25) is 0 Å². The number of carbonyl (C=O) groups is 1. The number of amides is 1. The number of aliphatic hydroxyl groups excluding tert-OH is 1. The van der Waals surface area contributed by atoms with Crippen LogP contribution in [0.3, 0.4) is 0 Å². The van der Waals surface area contributed by atoms with Gasteiger partial charge in [-0.3, -0.25) is 9.63 Å². The Kier molecular flexibility index (Phi) is 6.99. The van der Waals surface area contributed by atoms with Gasteiger partial charge >= 0.3 is 0 Å². The van der Waals surface area contributed by atoms with E-state index >= 15 is 0 Å². The third-order valence-corrected chi connectivity index (χ3v) is 3.19. The second-order valence-corrected chi connectivity index (χ2v) is 5.43. The first-order chi connectivity index (χ1) is 13.0. The van der Waals surface area contributed by atoms with Crippen molar-refractivity contribution in [2.45, 2.75) is 13.0 Å². The maximum atomic E-state index is 12.5. The molecule has 2 rings (SSSR count). The number of nitrogens with two attached hydrogens (primary N) is 1. The van der Waals surface area contributed by atoms with Gasteiger partial charge in [0.25, 0.3) is 5.91 Å². The maximum Gasteiger partial charge on any atom is 0.284 e. The van der Waals surface area contributed by atoms with E-state index in [-0.39, 0.29) is 36.3 Å². The Bertz CT molecular complexity index is 854. The molecule has 1 aromatic heterocycles. The monoisotopic (exact) mass is 375 g/mol. The molecule has 0 saturated carbocycles. The highest BCUT2D eigenvalue weighted by atomic mass is 19.1. The van der Waals surface area contributed by atoms with Crippen molar-refractivity contribution in [3.8, 4) is 23.3 Å². The van der Waals surface area contributed by atoms with E-state index in [2.05, 4.69) is 15.4 Å². The first kappa shape index (κ1) is 20.0. The Balaban J connectivity index is 2.39. The number of anilines is 1. The molecule has 0 radical (unpaired) electrons. The predicted octanol–water partition coefficient (Wildman–Crippen LogP) is 0.988. The summed E-state index contributed by atoms with van der Waals surface area (Å²) < 4.78 is 17.7. The molecule has 0 aliphatic heterocycles. The van der Waals surface area contributed by atoms with Gasteiger partial charge in [0, 0.05) is 5.56 Å². The van der Waals surface area contributed by atoms with E-state index in [4.69, 9.17) is 25.7 Å². The number of aromatic nitrogens is 2. The van der Waals surface area contributed by atoms with E-state index in [0.717, 1.165) is 0 Å². The lowest BCUT2D eigenvalue weighted by Gasteiger charge is -2.14. The number of nitrogens with zero attached hydrogens (tertiary/aromatic N) is 3. The molecular formula is C17H18FN5O4. The van der Waals surface area contributed by atoms with E-state index < -0.39 is 18.7 Å². The van der Waals surface area contributed by atoms with Gasteiger partial charge in [-0.25, -0.2) is 14.9 Å². The van der Waals surface area contributed by atoms with Crippen molar-refractivity contribution < 1.29 is 23.9 Å². The topological polar surface area (TPSA) is 143 Å². The summed E-state index contributed by atoms with van der Waals surface area (Å²) in [4.78, 5) is 25.3. The van der Waals surface area contributed by atoms with Crippen molar-refractivity contribution in [1.29, 1.82) is 5.26 Å². The SMILES string of the molecule is CC(O)CONC(=O)c1c(N)nc(-c2cccc(C#N)c2)nc1OCCF. The summed E-state index contributed by atoms with van der Waals surface area (Å²) in [5.74, 6) is -1.13. The van der Waals surface area contributed by atoms with Crippen LogP contribution in [0.4, 0.5) is 10.2 Å². The molecule has 9 nitrogen and oxygen atoms in total. The Hall–Kier alpha value is -3.29. The molecule has 2 aromatic rings. The predicted molar refractivity (Wildman–Crippen MR) is 93.2 cm³/mol. The number of alkyl halides is 1. The Morgan fingerprint density at radius 3 is 2.93 bits per heavy atom. The molecule has 1 atom stereocenters. The van der Waals surface area contributed by atoms with Gasteiger partial charge in [0.15, 0.2) is 5.82 Å². The van der Waals surface area contributed by atoms with Crippen LogP contribution in [0.15, 0.2) is 24.3 Å². The standard InChI is InChI=1S/C17H18FN5O4/c1-10(24)9-27-23-16(25)13-14(20)21-15(22-17(13)26-6-5-18)12-4-2-3-11(7-12)8-19/h2-4,7,10,24H,5-6,9H2,1H3,(H,23,25)(H2,20,21,22). The molecule has 0 spiro atoms. The lowest BCUT2D eigenvalue weighted by Crippen LogP contribution is -2.29. The maximum absolute atomic E-state index is 12.5. The van der Waals surface area contributed by atoms with Gasteiger partial charge in [0.1, 0.15) is 31.3 Å². The molecular weight excluding hydrogens is 357 g/mol. The third-order valence-electron chi connectivity index (χ3n) is 3.19. The highest BCUT2D eigenvalue weighted by Crippen LogP contribution is 2.26. The van der Waals surface area contributed by atoms with Crippen molar-refractivity contribution in [3.05, 3.63) is 35.4 Å². The smallest absolute Gasteiger partial charge is 0.284 e. The number of hydrogen-bond donors (Lipinski definition) is 3. The molecule has 142 valence electrons. The van der Waals surface area contributed by atoms with E-state index in [9.17, 15) is 9.18 Å². The van der Waals surface area contributed by atoms with Crippen LogP contribution < -0.4 is 16.0 Å². The summed E-state index contributed by atoms with van der Waals surface area (Å²) in [6.45, 7) is 0.182. The zero-order chi connectivity index (χ0) is 19.8. The van der Waals surface area contributed by atoms with Gasteiger partial charge in [-0.05, 0) is 19.1 Å². The summed E-state index contributed by atoms with van der Waals surface area (Å²) >= 11 is 0. The zero-order valence-electron chi connectivity index (χ0n) is 14.5. The van der Waals surface area contributed by atoms with E-state index in [1.165, 1.54) is 6.92 Å². The molecule has 0 fully saturated rings. The van der Waals surface area contributed by atoms with Crippen LogP contribution in [-0.4, -0.2) is 47.0 Å². The number of nitrogen functional groups attached to an aromatic ring is 1. The molecule has 27 heavy (non-hydrogen) atoms. The summed E-state index contributed by atoms with van der Waals surface area (Å²) in [6, 6.07) is 8.43. The molecule has 1 heterocycles. The minimum atomic E-state index is -0.806. The Morgan fingerprint density at radius 1 is 1.48 bits per heavy atom. The van der Waals surface area contributed by atoms with Crippen LogP contribution in [0.25, 0.3) is 11.4 Å². The van der Waals surface area contributed by atoms with Gasteiger partial charge in [0.05, 0.1) is 17.7 Å². The number of nitrogens with one attached hydrogen (secondary N) is 1. The number of hydroxylamine groups is 1. The third kappa shape index (κ3) is 5.34. The fourth-order valence-electron chi connectivity index (χ4n) is 2.05. The average Bonchev–Trinajstić information content (AvgIpc) is 2.65. The second kappa shape index (κ2) is 9.42. The Labute approximate surface area is 154 Å². The fraction of sp³-hybridized carbons (Fsp3) is 0.294. The molecule has 4 N–H and O–H groups in total. The highest BCUT2D eigenvalue weighted by molar-refractivity contribution is 6.00. The van der Waals surface area contributed by atoms with Gasteiger partial charge in [-0.15, -0.1) is 0 Å². The highest BCUT2D eigenvalue weighted by Gasteiger charge is 2.22. The summed E-state index contributed by atoms with van der Waals surface area (Å²) in [5.41, 5.74) is 8.60. The van der Waals surface area contributed by atoms with Gasteiger partial charge in [0.2, 0.25) is 5.88 Å². The normalized spacial score (nSPS) is 11.5. The largest absolute Gasteiger partial charge is 0.474 e. The summed E-state index contributed by atoms with van der Waals surface area (Å²) in [6.07, 6.45) is -0.795. The number of hydrogen-bond acceptors (Lipinski definition) is 8. The van der Waals surface area contributed by atoms with Crippen molar-refractivity contribution in [2.75, 3.05) is 25.6 Å². The average molecular weight is 375 g/mol. The lowest BCUT2D eigenvalue weighted by atomic mass is 10.1. The molecule has 0 aliphatic rings. The van der Waals surface area contributed by atoms with Gasteiger partial charge in [-0.1, -0.05) is 12.1 Å². The fourth-order valence-corrected chi connectivity index (χ4v) is 2.05. The molecule has 0 saturated heterocycles. The van der Waals surface area contributed by atoms with Crippen molar-refractivity contribution in [3.63, 3.8) is 0 Å². The van der Waals surface area contributed by atoms with Crippen LogP contribution in [0.5, 0.6) is 5.88 Å². The summed E-state index contributed by atoms with van der Waals surface area (Å²) in [7, 11) is 0. The number of benzene rings is 1. The molecule has 1 amide bonds. The number of ether oxygens (including phenoxy) is 1. The number of nitriles is 1. The van der Waals surface area contributed by atoms with Crippen LogP contribution >= 0.6 is 0 Å². The van der Waals surface area contributed by atoms with Crippen LogP contribution in [0, 0.1) is 11.3 Å². The number of carbonyl (C=O) groups excluding carboxylic acids is 1. The molecule has 10 heteroatoms. The number of aliphatic hydroxyl groups is 1. The van der Waals surface area contributed by atoms with Crippen LogP contribution in [-0.2, 0) is 4.84 Å². The lowest BCUT2D eigenvalue weighted by molar-refractivity contribution is -0.00701. The first-order valence-electron chi connectivity index (χ1n) is 7.93. The molecule has 0 bridgehead atoms. The minimum absolute atomic E-state index is 0.111. The Morgan fingerprint density at radius 2 is 2.26 bits per heavy atom. The van der Waals surface area contributed by atoms with Gasteiger partial charge in [-0.2, -0.15) is 10.2 Å². The summed E-state index contributed by atoms with van der Waals surface area (Å²) in [5, 5.41) is 18.2. The molecule has 1 aromatic carbocycles. The molecule has 1 unspecified atom stereocenters.